The molecule has 2 aromatic rings. The Balaban J connectivity index is 2.00. The van der Waals surface area contributed by atoms with Gasteiger partial charge in [-0.15, -0.1) is 10.2 Å². The Hall–Kier alpha value is -2.65. The summed E-state index contributed by atoms with van der Waals surface area (Å²) in [7, 11) is 1.65. The largest absolute Gasteiger partial charge is 0.497 e. The topological polar surface area (TPSA) is 80.1 Å². The number of fused-ring (bicyclic) bond motifs is 3. The Kier molecular flexibility index (Phi) is 8.04. The van der Waals surface area contributed by atoms with Crippen LogP contribution in [-0.4, -0.2) is 30.0 Å². The van der Waals surface area contributed by atoms with Crippen LogP contribution in [0.3, 0.4) is 0 Å². The van der Waals surface area contributed by atoms with Gasteiger partial charge in [-0.2, -0.15) is 5.26 Å². The van der Waals surface area contributed by atoms with Crippen molar-refractivity contribution in [2.24, 2.45) is 0 Å². The van der Waals surface area contributed by atoms with Crippen LogP contribution in [0.25, 0.3) is 11.3 Å². The molecule has 1 aliphatic rings. The van der Waals surface area contributed by atoms with Crippen LogP contribution in [0.2, 0.25) is 0 Å². The van der Waals surface area contributed by atoms with Gasteiger partial charge in [0, 0.05) is 23.8 Å². The zero-order chi connectivity index (χ0) is 21.3. The third-order valence-electron chi connectivity index (χ3n) is 5.72. The van der Waals surface area contributed by atoms with Gasteiger partial charge >= 0.3 is 0 Å². The lowest BCUT2D eigenvalue weighted by atomic mass is 9.95. The summed E-state index contributed by atoms with van der Waals surface area (Å²) in [5, 5.41) is 22.6. The van der Waals surface area contributed by atoms with Crippen molar-refractivity contribution in [1.82, 2.24) is 10.2 Å². The molecule has 1 aromatic carbocycles. The maximum atomic E-state index is 10.0. The minimum atomic E-state index is 0.298. The monoisotopic (exact) mass is 408 g/mol. The summed E-state index contributed by atoms with van der Waals surface area (Å²) in [5.74, 6) is 1.39. The molecule has 6 heteroatoms. The Morgan fingerprint density at radius 3 is 2.87 bits per heavy atom. The van der Waals surface area contributed by atoms with Gasteiger partial charge in [0.2, 0.25) is 0 Å². The van der Waals surface area contributed by atoms with Crippen LogP contribution in [-0.2, 0) is 17.8 Å². The molecule has 3 rings (SSSR count). The van der Waals surface area contributed by atoms with Gasteiger partial charge in [0.05, 0.1) is 19.4 Å². The predicted octanol–water partition coefficient (Wildman–Crippen LogP) is 5.26. The highest BCUT2D eigenvalue weighted by molar-refractivity contribution is 5.73. The Bertz CT molecular complexity index is 892. The van der Waals surface area contributed by atoms with Gasteiger partial charge in [0.15, 0.2) is 5.82 Å². The fourth-order valence-corrected chi connectivity index (χ4v) is 3.95. The average Bonchev–Trinajstić information content (AvgIpc) is 2.86. The molecule has 6 nitrogen and oxygen atoms in total. The first-order valence-corrected chi connectivity index (χ1v) is 11.0. The molecule has 0 saturated heterocycles. The highest BCUT2D eigenvalue weighted by atomic mass is 16.5. The number of unbranched alkanes of at least 4 members (excludes halogenated alkanes) is 2. The van der Waals surface area contributed by atoms with Crippen LogP contribution in [0.1, 0.15) is 69.1 Å². The minimum Gasteiger partial charge on any atom is -0.497 e. The van der Waals surface area contributed by atoms with E-state index in [0.29, 0.717) is 30.6 Å². The fraction of sp³-hybridized carbons (Fsp3) is 0.542. The van der Waals surface area contributed by atoms with Crippen LogP contribution in [0.15, 0.2) is 18.2 Å². The van der Waals surface area contributed by atoms with Crippen LogP contribution < -0.4 is 10.1 Å². The summed E-state index contributed by atoms with van der Waals surface area (Å²) in [6, 6.07) is 8.60. The van der Waals surface area contributed by atoms with Crippen molar-refractivity contribution < 1.29 is 9.47 Å². The second-order valence-corrected chi connectivity index (χ2v) is 7.79. The van der Waals surface area contributed by atoms with E-state index in [9.17, 15) is 5.26 Å². The van der Waals surface area contributed by atoms with Crippen molar-refractivity contribution in [3.8, 4) is 23.1 Å². The van der Waals surface area contributed by atoms with Gasteiger partial charge in [-0.25, -0.2) is 0 Å². The summed E-state index contributed by atoms with van der Waals surface area (Å²) >= 11 is 0. The molecule has 0 aliphatic carbocycles. The number of benzene rings is 1. The smallest absolute Gasteiger partial charge is 0.167 e. The lowest BCUT2D eigenvalue weighted by Crippen LogP contribution is -2.21. The van der Waals surface area contributed by atoms with E-state index in [1.165, 1.54) is 19.3 Å². The zero-order valence-electron chi connectivity index (χ0n) is 18.3. The molecule has 0 saturated carbocycles. The standard InChI is InChI=1S/C24H32N4O2/c1-4-6-7-9-18(5-2)26-24-22(15-25)21-10-8-13-30-16-17-14-19(29-3)11-12-20(17)23(21)27-28-24/h11-12,14,18H,4-10,13,16H2,1-3H3,(H,26,28). The first-order chi connectivity index (χ1) is 14.7. The molecule has 1 aliphatic heterocycles. The number of anilines is 1. The quantitative estimate of drug-likeness (QED) is 0.600. The third-order valence-corrected chi connectivity index (χ3v) is 5.72. The van der Waals surface area contributed by atoms with Crippen LogP contribution in [0.4, 0.5) is 5.82 Å². The van der Waals surface area contributed by atoms with Gasteiger partial charge in [0.25, 0.3) is 0 Å². The van der Waals surface area contributed by atoms with E-state index in [1.807, 2.05) is 18.2 Å². The Morgan fingerprint density at radius 1 is 1.27 bits per heavy atom. The molecule has 1 unspecified atom stereocenters. The number of hydrogen-bond donors (Lipinski definition) is 1. The zero-order valence-corrected chi connectivity index (χ0v) is 18.3. The molecule has 0 fully saturated rings. The average molecular weight is 409 g/mol. The van der Waals surface area contributed by atoms with Crippen LogP contribution in [0.5, 0.6) is 5.75 Å². The number of aromatic nitrogens is 2. The Morgan fingerprint density at radius 2 is 2.13 bits per heavy atom. The molecule has 0 spiro atoms. The summed E-state index contributed by atoms with van der Waals surface area (Å²) < 4.78 is 11.2. The van der Waals surface area contributed by atoms with E-state index >= 15 is 0 Å². The molecular formula is C24H32N4O2. The maximum Gasteiger partial charge on any atom is 0.167 e. The molecule has 1 aromatic heterocycles. The van der Waals surface area contributed by atoms with Gasteiger partial charge in [0.1, 0.15) is 17.4 Å². The van der Waals surface area contributed by atoms with Crippen molar-refractivity contribution in [3.05, 3.63) is 34.9 Å². The second-order valence-electron chi connectivity index (χ2n) is 7.79. The summed E-state index contributed by atoms with van der Waals surface area (Å²) in [6.45, 7) is 5.51. The number of ether oxygens (including phenoxy) is 2. The summed E-state index contributed by atoms with van der Waals surface area (Å²) in [5.41, 5.74) is 4.30. The summed E-state index contributed by atoms with van der Waals surface area (Å²) in [4.78, 5) is 0. The van der Waals surface area contributed by atoms with E-state index in [0.717, 1.165) is 53.8 Å². The van der Waals surface area contributed by atoms with Crippen molar-refractivity contribution in [2.75, 3.05) is 19.0 Å². The molecule has 1 atom stereocenters. The lowest BCUT2D eigenvalue weighted by molar-refractivity contribution is 0.119. The number of nitriles is 1. The number of nitrogens with zero attached hydrogens (tertiary/aromatic N) is 3. The van der Waals surface area contributed by atoms with Crippen molar-refractivity contribution >= 4 is 5.82 Å². The van der Waals surface area contributed by atoms with Crippen molar-refractivity contribution in [1.29, 1.82) is 5.26 Å². The maximum absolute atomic E-state index is 10.0. The van der Waals surface area contributed by atoms with E-state index in [1.54, 1.807) is 7.11 Å². The van der Waals surface area contributed by atoms with Gasteiger partial charge in [-0.05, 0) is 49.4 Å². The highest BCUT2D eigenvalue weighted by Gasteiger charge is 2.22. The number of nitrogens with one attached hydrogen (secondary N) is 1. The van der Waals surface area contributed by atoms with Crippen LogP contribution >= 0.6 is 0 Å². The SMILES string of the molecule is CCCCCC(CC)Nc1nnc2c(c1C#N)CCCOCc1cc(OC)ccc1-2. The molecule has 2 heterocycles. The molecule has 160 valence electrons. The fourth-order valence-electron chi connectivity index (χ4n) is 3.95. The number of rotatable bonds is 8. The normalized spacial score (nSPS) is 14.3. The highest BCUT2D eigenvalue weighted by Crippen LogP contribution is 2.34. The first kappa shape index (κ1) is 22.0. The van der Waals surface area contributed by atoms with E-state index in [2.05, 4.69) is 35.4 Å². The molecule has 0 radical (unpaired) electrons. The summed E-state index contributed by atoms with van der Waals surface area (Å²) in [6.07, 6.45) is 7.24. The van der Waals surface area contributed by atoms with Crippen LogP contribution in [0, 0.1) is 11.3 Å². The third kappa shape index (κ3) is 5.09. The minimum absolute atomic E-state index is 0.298. The van der Waals surface area contributed by atoms with Gasteiger partial charge in [-0.3, -0.25) is 0 Å². The van der Waals surface area contributed by atoms with Crippen molar-refractivity contribution in [3.63, 3.8) is 0 Å². The second kappa shape index (κ2) is 10.9. The predicted molar refractivity (Wildman–Crippen MR) is 119 cm³/mol. The van der Waals surface area contributed by atoms with Gasteiger partial charge in [-0.1, -0.05) is 33.1 Å². The van der Waals surface area contributed by atoms with E-state index in [-0.39, 0.29) is 0 Å². The number of methoxy groups -OCH3 is 1. The molecule has 30 heavy (non-hydrogen) atoms. The molecular weight excluding hydrogens is 376 g/mol. The lowest BCUT2D eigenvalue weighted by Gasteiger charge is -2.20. The van der Waals surface area contributed by atoms with Crippen molar-refractivity contribution in [2.45, 2.75) is 71.4 Å². The van der Waals surface area contributed by atoms with Gasteiger partial charge < -0.3 is 14.8 Å². The number of hydrogen-bond acceptors (Lipinski definition) is 6. The molecule has 0 amide bonds. The van der Waals surface area contributed by atoms with E-state index in [4.69, 9.17) is 9.47 Å². The molecule has 1 N–H and O–H groups in total. The molecule has 0 bridgehead atoms. The van der Waals surface area contributed by atoms with E-state index < -0.39 is 0 Å². The Labute approximate surface area is 179 Å². The first-order valence-electron chi connectivity index (χ1n) is 11.0.